The van der Waals surface area contributed by atoms with Crippen molar-refractivity contribution >= 4 is 9.84 Å². The first-order chi connectivity index (χ1) is 8.78. The number of hydrogen-bond donors (Lipinski definition) is 0. The number of rotatable bonds is 4. The molecule has 0 radical (unpaired) electrons. The van der Waals surface area contributed by atoms with Crippen LogP contribution in [0.1, 0.15) is 24.1 Å². The summed E-state index contributed by atoms with van der Waals surface area (Å²) in [5.74, 6) is 0.282. The Morgan fingerprint density at radius 3 is 2.79 bits per heavy atom. The Bertz CT molecular complexity index is 556. The predicted molar refractivity (Wildman–Crippen MR) is 66.7 cm³/mol. The van der Waals surface area contributed by atoms with Gasteiger partial charge >= 0.3 is 0 Å². The first kappa shape index (κ1) is 14.4. The molecule has 0 N–H and O–H groups in total. The van der Waals surface area contributed by atoms with E-state index in [2.05, 4.69) is 5.10 Å². The molecule has 0 amide bonds. The van der Waals surface area contributed by atoms with Crippen molar-refractivity contribution in [2.45, 2.75) is 25.4 Å². The van der Waals surface area contributed by atoms with Gasteiger partial charge in [0.15, 0.2) is 9.84 Å². The molecular formula is C11H17F2N3O2S. The highest BCUT2D eigenvalue weighted by atomic mass is 32.2. The van der Waals surface area contributed by atoms with Crippen molar-refractivity contribution in [3.8, 4) is 0 Å². The molecule has 0 spiro atoms. The van der Waals surface area contributed by atoms with Crippen molar-refractivity contribution in [3.05, 3.63) is 17.5 Å². The zero-order valence-electron chi connectivity index (χ0n) is 10.9. The summed E-state index contributed by atoms with van der Waals surface area (Å²) in [6.45, 7) is 0.285. The Morgan fingerprint density at radius 1 is 1.58 bits per heavy atom. The molecule has 0 aromatic carbocycles. The van der Waals surface area contributed by atoms with Gasteiger partial charge in [-0.3, -0.25) is 9.58 Å². The Labute approximate surface area is 111 Å². The van der Waals surface area contributed by atoms with E-state index in [1.807, 2.05) is 4.90 Å². The maximum absolute atomic E-state index is 12.8. The van der Waals surface area contributed by atoms with Gasteiger partial charge < -0.3 is 0 Å². The number of hydrogen-bond acceptors (Lipinski definition) is 4. The highest BCUT2D eigenvalue weighted by Crippen LogP contribution is 2.24. The van der Waals surface area contributed by atoms with Gasteiger partial charge in [0, 0.05) is 31.4 Å². The fraction of sp³-hybridized carbons (Fsp3) is 0.727. The summed E-state index contributed by atoms with van der Waals surface area (Å²) in [5.41, 5.74) is 0.222. The van der Waals surface area contributed by atoms with E-state index in [-0.39, 0.29) is 29.8 Å². The summed E-state index contributed by atoms with van der Waals surface area (Å²) in [6.07, 6.45) is -0.498. The van der Waals surface area contributed by atoms with Crippen molar-refractivity contribution in [2.24, 2.45) is 7.05 Å². The second kappa shape index (κ2) is 5.16. The van der Waals surface area contributed by atoms with E-state index in [1.165, 1.54) is 4.68 Å². The van der Waals surface area contributed by atoms with Crippen LogP contribution in [-0.2, 0) is 23.4 Å². The first-order valence-corrected chi connectivity index (χ1v) is 7.82. The summed E-state index contributed by atoms with van der Waals surface area (Å²) in [4.78, 5) is 1.81. The maximum atomic E-state index is 12.8. The van der Waals surface area contributed by atoms with Gasteiger partial charge in [-0.1, -0.05) is 0 Å². The number of aryl methyl sites for hydroxylation is 1. The lowest BCUT2D eigenvalue weighted by molar-refractivity contribution is 0.142. The van der Waals surface area contributed by atoms with E-state index in [9.17, 15) is 17.2 Å². The van der Waals surface area contributed by atoms with E-state index in [4.69, 9.17) is 0 Å². The van der Waals surface area contributed by atoms with Crippen LogP contribution in [0.3, 0.4) is 0 Å². The first-order valence-electron chi connectivity index (χ1n) is 6.00. The third-order valence-corrected chi connectivity index (χ3v) is 5.15. The Balaban J connectivity index is 2.09. The zero-order valence-corrected chi connectivity index (χ0v) is 11.7. The maximum Gasteiger partial charge on any atom is 0.282 e. The fourth-order valence-corrected chi connectivity index (χ4v) is 4.19. The van der Waals surface area contributed by atoms with Crippen molar-refractivity contribution in [3.63, 3.8) is 0 Å². The van der Waals surface area contributed by atoms with E-state index < -0.39 is 16.3 Å². The predicted octanol–water partition coefficient (Wildman–Crippen LogP) is 0.977. The summed E-state index contributed by atoms with van der Waals surface area (Å²) >= 11 is 0. The van der Waals surface area contributed by atoms with Crippen LogP contribution in [0.4, 0.5) is 8.78 Å². The lowest BCUT2D eigenvalue weighted by Crippen LogP contribution is -2.32. The fourth-order valence-electron chi connectivity index (χ4n) is 2.38. The number of aromatic nitrogens is 2. The van der Waals surface area contributed by atoms with Crippen LogP contribution in [0, 0.1) is 0 Å². The minimum Gasteiger partial charge on any atom is -0.298 e. The number of halogens is 2. The third-order valence-electron chi connectivity index (χ3n) is 3.40. The van der Waals surface area contributed by atoms with Crippen molar-refractivity contribution < 1.29 is 17.2 Å². The van der Waals surface area contributed by atoms with Crippen molar-refractivity contribution in [1.82, 2.24) is 14.7 Å². The van der Waals surface area contributed by atoms with Gasteiger partial charge in [-0.2, -0.15) is 5.10 Å². The minimum atomic E-state index is -2.96. The van der Waals surface area contributed by atoms with Crippen LogP contribution >= 0.6 is 0 Å². The van der Waals surface area contributed by atoms with Crippen LogP contribution in [0.2, 0.25) is 0 Å². The lowest BCUT2D eigenvalue weighted by atomic mass is 10.2. The second-order valence-corrected chi connectivity index (χ2v) is 7.21. The molecule has 8 heteroatoms. The summed E-state index contributed by atoms with van der Waals surface area (Å²) in [5, 5.41) is 3.74. The van der Waals surface area contributed by atoms with Crippen molar-refractivity contribution in [2.75, 3.05) is 18.6 Å². The highest BCUT2D eigenvalue weighted by Gasteiger charge is 2.31. The standard InChI is InChI=1S/C11H17F2N3O2S/c1-15(9-3-4-19(17,18)7-9)5-8-6-16(2)14-10(8)11(12)13/h6,9,11H,3-5,7H2,1-2H3/t9-/m1/s1. The molecule has 1 fully saturated rings. The van der Waals surface area contributed by atoms with Gasteiger partial charge in [-0.25, -0.2) is 17.2 Å². The molecule has 1 aromatic rings. The number of alkyl halides is 2. The molecule has 1 aliphatic heterocycles. The molecule has 1 aliphatic rings. The monoisotopic (exact) mass is 293 g/mol. The van der Waals surface area contributed by atoms with Gasteiger partial charge in [-0.05, 0) is 13.5 Å². The van der Waals surface area contributed by atoms with E-state index in [0.29, 0.717) is 12.0 Å². The molecule has 5 nitrogen and oxygen atoms in total. The largest absolute Gasteiger partial charge is 0.298 e. The molecule has 1 atom stereocenters. The van der Waals surface area contributed by atoms with E-state index in [0.717, 1.165) is 0 Å². The van der Waals surface area contributed by atoms with Crippen LogP contribution < -0.4 is 0 Å². The highest BCUT2D eigenvalue weighted by molar-refractivity contribution is 7.91. The number of nitrogens with zero attached hydrogens (tertiary/aromatic N) is 3. The number of sulfone groups is 1. The van der Waals surface area contributed by atoms with Crippen LogP contribution in [0.15, 0.2) is 6.20 Å². The third kappa shape index (κ3) is 3.30. The molecular weight excluding hydrogens is 276 g/mol. The Kier molecular flexibility index (Phi) is 3.91. The molecule has 108 valence electrons. The van der Waals surface area contributed by atoms with Gasteiger partial charge in [0.05, 0.1) is 11.5 Å². The Hall–Kier alpha value is -1.02. The van der Waals surface area contributed by atoms with Crippen LogP contribution in [-0.4, -0.2) is 47.7 Å². The summed E-state index contributed by atoms with van der Waals surface area (Å²) in [6, 6.07) is -0.101. The lowest BCUT2D eigenvalue weighted by Gasteiger charge is -2.22. The average Bonchev–Trinajstić information content (AvgIpc) is 2.81. The molecule has 0 unspecified atom stereocenters. The van der Waals surface area contributed by atoms with E-state index in [1.54, 1.807) is 20.3 Å². The molecule has 1 aromatic heterocycles. The van der Waals surface area contributed by atoms with E-state index >= 15 is 0 Å². The average molecular weight is 293 g/mol. The zero-order chi connectivity index (χ0) is 14.2. The topological polar surface area (TPSA) is 55.2 Å². The van der Waals surface area contributed by atoms with Crippen LogP contribution in [0.5, 0.6) is 0 Å². The summed E-state index contributed by atoms with van der Waals surface area (Å²) in [7, 11) is 0.386. The molecule has 0 bridgehead atoms. The molecule has 2 heterocycles. The molecule has 0 aliphatic carbocycles. The molecule has 0 saturated carbocycles. The molecule has 19 heavy (non-hydrogen) atoms. The Morgan fingerprint density at radius 2 is 2.26 bits per heavy atom. The summed E-state index contributed by atoms with van der Waals surface area (Å²) < 4.78 is 49.8. The quantitative estimate of drug-likeness (QED) is 0.830. The minimum absolute atomic E-state index is 0.101. The van der Waals surface area contributed by atoms with Crippen LogP contribution in [0.25, 0.3) is 0 Å². The van der Waals surface area contributed by atoms with Gasteiger partial charge in [0.25, 0.3) is 6.43 Å². The SMILES string of the molecule is CN(Cc1cn(C)nc1C(F)F)[C@@H]1CCS(=O)(=O)C1. The van der Waals surface area contributed by atoms with Gasteiger partial charge in [0.2, 0.25) is 0 Å². The molecule has 2 rings (SSSR count). The van der Waals surface area contributed by atoms with Crippen molar-refractivity contribution in [1.29, 1.82) is 0 Å². The molecule has 1 saturated heterocycles. The smallest absolute Gasteiger partial charge is 0.282 e. The van der Waals surface area contributed by atoms with Gasteiger partial charge in [-0.15, -0.1) is 0 Å². The normalized spacial score (nSPS) is 22.5. The van der Waals surface area contributed by atoms with Gasteiger partial charge in [0.1, 0.15) is 5.69 Å². The second-order valence-electron chi connectivity index (χ2n) is 4.99.